The fourth-order valence-corrected chi connectivity index (χ4v) is 3.45. The summed E-state index contributed by atoms with van der Waals surface area (Å²) in [5, 5.41) is 3.13. The number of esters is 1. The molecule has 0 spiro atoms. The van der Waals surface area contributed by atoms with Crippen molar-refractivity contribution in [2.75, 3.05) is 5.32 Å². The van der Waals surface area contributed by atoms with Crippen LogP contribution >= 0.6 is 23.2 Å². The second kappa shape index (κ2) is 9.13. The van der Waals surface area contributed by atoms with Gasteiger partial charge in [-0.3, -0.25) is 14.4 Å². The second-order valence-corrected chi connectivity index (χ2v) is 8.79. The van der Waals surface area contributed by atoms with Gasteiger partial charge in [0.05, 0.1) is 17.3 Å². The van der Waals surface area contributed by atoms with Crippen LogP contribution in [0.1, 0.15) is 26.3 Å². The molecule has 0 bridgehead atoms. The van der Waals surface area contributed by atoms with Crippen molar-refractivity contribution in [3.05, 3.63) is 67.0 Å². The van der Waals surface area contributed by atoms with Crippen molar-refractivity contribution >= 4 is 51.7 Å². The predicted octanol–water partition coefficient (Wildman–Crippen LogP) is 2.91. The molecule has 9 nitrogen and oxygen atoms in total. The molecule has 32 heavy (non-hydrogen) atoms. The van der Waals surface area contributed by atoms with Gasteiger partial charge in [0, 0.05) is 5.69 Å². The van der Waals surface area contributed by atoms with Gasteiger partial charge < -0.3 is 15.0 Å². The van der Waals surface area contributed by atoms with Crippen molar-refractivity contribution in [1.29, 1.82) is 0 Å². The molecule has 3 aromatic rings. The monoisotopic (exact) mass is 478 g/mol. The second-order valence-electron chi connectivity index (χ2n) is 8.01. The molecular weight excluding hydrogens is 459 g/mol. The number of carbonyl (C=O) groups excluding carboxylic acids is 2. The predicted molar refractivity (Wildman–Crippen MR) is 121 cm³/mol. The van der Waals surface area contributed by atoms with Gasteiger partial charge in [-0.2, -0.15) is 0 Å². The molecule has 2 aromatic heterocycles. The van der Waals surface area contributed by atoms with Crippen molar-refractivity contribution in [2.45, 2.75) is 39.3 Å². The van der Waals surface area contributed by atoms with Crippen molar-refractivity contribution in [3.63, 3.8) is 0 Å². The third-order valence-corrected chi connectivity index (χ3v) is 4.55. The fraction of sp³-hybridized carbons (Fsp3) is 0.286. The third-order valence-electron chi connectivity index (χ3n) is 4.16. The molecule has 0 saturated heterocycles. The molecular formula is C21H20Cl2N4O5. The molecule has 0 aliphatic heterocycles. The SMILES string of the molecule is CC(C)(C)OC(=O)Cn1c(=O)[nH]c2cc(CC(=O)Nc3cc(Cl)nc(Cl)c3)ccc2c1=O. The van der Waals surface area contributed by atoms with Crippen LogP contribution in [0.3, 0.4) is 0 Å². The number of rotatable bonds is 5. The van der Waals surface area contributed by atoms with E-state index in [0.717, 1.165) is 4.57 Å². The van der Waals surface area contributed by atoms with Crippen LogP contribution in [0.15, 0.2) is 39.9 Å². The Labute approximate surface area is 192 Å². The molecule has 2 heterocycles. The first-order valence-corrected chi connectivity index (χ1v) is 10.3. The Kier molecular flexibility index (Phi) is 6.71. The van der Waals surface area contributed by atoms with Crippen LogP contribution in [0.25, 0.3) is 10.9 Å². The van der Waals surface area contributed by atoms with E-state index >= 15 is 0 Å². The van der Waals surface area contributed by atoms with Crippen LogP contribution in [0.5, 0.6) is 0 Å². The maximum Gasteiger partial charge on any atom is 0.329 e. The van der Waals surface area contributed by atoms with Crippen LogP contribution in [0, 0.1) is 0 Å². The number of hydrogen-bond acceptors (Lipinski definition) is 6. The number of pyridine rings is 1. The molecule has 1 amide bonds. The summed E-state index contributed by atoms with van der Waals surface area (Å²) in [7, 11) is 0. The Morgan fingerprint density at radius 2 is 1.78 bits per heavy atom. The zero-order valence-electron chi connectivity index (χ0n) is 17.5. The van der Waals surface area contributed by atoms with Crippen molar-refractivity contribution in [2.24, 2.45) is 0 Å². The van der Waals surface area contributed by atoms with Crippen molar-refractivity contribution in [3.8, 4) is 0 Å². The standard InChI is InChI=1S/C21H20Cl2N4O5/c1-21(2,3)32-18(29)10-27-19(30)13-5-4-11(6-14(13)25-20(27)31)7-17(28)24-12-8-15(22)26-16(23)9-12/h4-6,8-9H,7,10H2,1-3H3,(H,25,31)(H,24,26,28). The highest BCUT2D eigenvalue weighted by atomic mass is 35.5. The number of amides is 1. The molecule has 2 N–H and O–H groups in total. The quantitative estimate of drug-likeness (QED) is 0.429. The number of nitrogens with one attached hydrogen (secondary N) is 2. The molecule has 11 heteroatoms. The average molecular weight is 479 g/mol. The number of hydrogen-bond donors (Lipinski definition) is 2. The van der Waals surface area contributed by atoms with Crippen LogP contribution in [0.2, 0.25) is 10.3 Å². The summed E-state index contributed by atoms with van der Waals surface area (Å²) in [6.45, 7) is 4.55. The lowest BCUT2D eigenvalue weighted by atomic mass is 10.1. The van der Waals surface area contributed by atoms with E-state index in [4.69, 9.17) is 27.9 Å². The van der Waals surface area contributed by atoms with E-state index in [2.05, 4.69) is 15.3 Å². The van der Waals surface area contributed by atoms with Crippen LogP contribution < -0.4 is 16.6 Å². The maximum atomic E-state index is 12.7. The molecule has 0 fully saturated rings. The summed E-state index contributed by atoms with van der Waals surface area (Å²) in [6, 6.07) is 7.52. The van der Waals surface area contributed by atoms with Gasteiger partial charge >= 0.3 is 11.7 Å². The van der Waals surface area contributed by atoms with Gasteiger partial charge in [-0.1, -0.05) is 29.3 Å². The number of anilines is 1. The van der Waals surface area contributed by atoms with Crippen molar-refractivity contribution in [1.82, 2.24) is 14.5 Å². The minimum absolute atomic E-state index is 0.0312. The van der Waals surface area contributed by atoms with Gasteiger partial charge in [0.2, 0.25) is 5.91 Å². The first-order valence-electron chi connectivity index (χ1n) is 9.52. The van der Waals surface area contributed by atoms with Crippen LogP contribution in [0.4, 0.5) is 5.69 Å². The van der Waals surface area contributed by atoms with E-state index in [9.17, 15) is 19.2 Å². The summed E-state index contributed by atoms with van der Waals surface area (Å²) in [5.74, 6) is -1.06. The summed E-state index contributed by atoms with van der Waals surface area (Å²) in [5.41, 5.74) is -0.934. The molecule has 0 unspecified atom stereocenters. The van der Waals surface area contributed by atoms with Gasteiger partial charge in [-0.15, -0.1) is 0 Å². The largest absolute Gasteiger partial charge is 0.459 e. The summed E-state index contributed by atoms with van der Waals surface area (Å²) in [6.07, 6.45) is -0.0312. The molecule has 168 valence electrons. The number of ether oxygens (including phenoxy) is 1. The zero-order chi connectivity index (χ0) is 23.6. The van der Waals surface area contributed by atoms with E-state index in [1.165, 1.54) is 24.3 Å². The van der Waals surface area contributed by atoms with Gasteiger partial charge in [0.15, 0.2) is 0 Å². The molecule has 0 radical (unpaired) electrons. The number of nitrogens with zero attached hydrogens (tertiary/aromatic N) is 2. The lowest BCUT2D eigenvalue weighted by Gasteiger charge is -2.19. The number of fused-ring (bicyclic) bond motifs is 1. The van der Waals surface area contributed by atoms with E-state index < -0.39 is 29.4 Å². The summed E-state index contributed by atoms with van der Waals surface area (Å²) >= 11 is 11.6. The highest BCUT2D eigenvalue weighted by Crippen LogP contribution is 2.19. The smallest absolute Gasteiger partial charge is 0.329 e. The maximum absolute atomic E-state index is 12.7. The Bertz CT molecular complexity index is 1300. The lowest BCUT2D eigenvalue weighted by molar-refractivity contribution is -0.155. The van der Waals surface area contributed by atoms with Crippen LogP contribution in [-0.4, -0.2) is 32.0 Å². The minimum atomic E-state index is -0.754. The number of H-pyrrole nitrogens is 1. The first kappa shape index (κ1) is 23.5. The molecule has 3 rings (SSSR count). The average Bonchev–Trinajstić information content (AvgIpc) is 2.62. The normalized spacial score (nSPS) is 11.4. The Balaban J connectivity index is 1.81. The Morgan fingerprint density at radius 3 is 2.41 bits per heavy atom. The number of halogens is 2. The topological polar surface area (TPSA) is 123 Å². The van der Waals surface area contributed by atoms with Gasteiger partial charge in [-0.05, 0) is 50.6 Å². The first-order chi connectivity index (χ1) is 14.9. The molecule has 0 saturated carbocycles. The van der Waals surface area contributed by atoms with Crippen molar-refractivity contribution < 1.29 is 14.3 Å². The van der Waals surface area contributed by atoms with Gasteiger partial charge in [-0.25, -0.2) is 14.3 Å². The Hall–Kier alpha value is -3.17. The van der Waals surface area contributed by atoms with E-state index in [1.807, 2.05) is 0 Å². The van der Waals surface area contributed by atoms with Crippen LogP contribution in [-0.2, 0) is 27.3 Å². The third kappa shape index (κ3) is 5.95. The fourth-order valence-electron chi connectivity index (χ4n) is 2.99. The molecule has 0 aliphatic rings. The van der Waals surface area contributed by atoms with Gasteiger partial charge in [0.25, 0.3) is 5.56 Å². The minimum Gasteiger partial charge on any atom is -0.459 e. The summed E-state index contributed by atoms with van der Waals surface area (Å²) in [4.78, 5) is 55.9. The van der Waals surface area contributed by atoms with E-state index in [-0.39, 0.29) is 33.5 Å². The lowest BCUT2D eigenvalue weighted by Crippen LogP contribution is -2.39. The number of carbonyl (C=O) groups is 2. The summed E-state index contributed by atoms with van der Waals surface area (Å²) < 4.78 is 5.95. The zero-order valence-corrected chi connectivity index (χ0v) is 19.0. The molecule has 1 aromatic carbocycles. The molecule has 0 aliphatic carbocycles. The molecule has 0 atom stereocenters. The number of benzene rings is 1. The number of aromatic nitrogens is 3. The van der Waals surface area contributed by atoms with E-state index in [0.29, 0.717) is 11.3 Å². The highest BCUT2D eigenvalue weighted by molar-refractivity contribution is 6.33. The Morgan fingerprint density at radius 1 is 1.12 bits per heavy atom. The number of aromatic amines is 1. The highest BCUT2D eigenvalue weighted by Gasteiger charge is 2.19. The van der Waals surface area contributed by atoms with Gasteiger partial charge in [0.1, 0.15) is 22.5 Å². The van der Waals surface area contributed by atoms with E-state index in [1.54, 1.807) is 26.8 Å².